The van der Waals surface area contributed by atoms with Gasteiger partial charge in [-0.2, -0.15) is 0 Å². The number of rotatable bonds is 4. The minimum Gasteiger partial charge on any atom is -0.469 e. The minimum atomic E-state index is -0.548. The fourth-order valence-electron chi connectivity index (χ4n) is 5.18. The highest BCUT2D eigenvalue weighted by molar-refractivity contribution is 6.30. The summed E-state index contributed by atoms with van der Waals surface area (Å²) in [5.74, 6) is 0.0340. The molecule has 1 saturated heterocycles. The SMILES string of the molecule is CCC1(C(=O)OC)CCC2C(c3ccc(Cl)cc3)=NOC2(N2CCCC2)C1. The van der Waals surface area contributed by atoms with Crippen molar-refractivity contribution in [3.63, 3.8) is 0 Å². The Morgan fingerprint density at radius 3 is 2.67 bits per heavy atom. The quantitative estimate of drug-likeness (QED) is 0.721. The molecule has 146 valence electrons. The number of nitrogens with zero attached hydrogens (tertiary/aromatic N) is 2. The highest BCUT2D eigenvalue weighted by Crippen LogP contribution is 2.54. The molecule has 6 heteroatoms. The van der Waals surface area contributed by atoms with Crippen LogP contribution in [-0.4, -0.2) is 42.5 Å². The van der Waals surface area contributed by atoms with Gasteiger partial charge in [-0.05, 0) is 49.8 Å². The molecule has 2 aliphatic heterocycles. The number of benzene rings is 1. The molecule has 1 saturated carbocycles. The molecule has 0 spiro atoms. The summed E-state index contributed by atoms with van der Waals surface area (Å²) >= 11 is 6.06. The lowest BCUT2D eigenvalue weighted by atomic mass is 9.63. The van der Waals surface area contributed by atoms with Gasteiger partial charge in [-0.1, -0.05) is 35.8 Å². The maximum absolute atomic E-state index is 12.7. The van der Waals surface area contributed by atoms with Crippen LogP contribution in [0.4, 0.5) is 0 Å². The van der Waals surface area contributed by atoms with Crippen LogP contribution in [0.2, 0.25) is 5.02 Å². The summed E-state index contributed by atoms with van der Waals surface area (Å²) in [6, 6.07) is 7.80. The zero-order valence-corrected chi connectivity index (χ0v) is 16.8. The Labute approximate surface area is 165 Å². The number of likely N-dealkylation sites (tertiary alicyclic amines) is 1. The minimum absolute atomic E-state index is 0.120. The molecule has 1 aromatic rings. The molecule has 0 N–H and O–H groups in total. The van der Waals surface area contributed by atoms with Crippen LogP contribution >= 0.6 is 11.6 Å². The van der Waals surface area contributed by atoms with E-state index in [2.05, 4.69) is 17.0 Å². The van der Waals surface area contributed by atoms with Crippen molar-refractivity contribution in [1.29, 1.82) is 0 Å². The van der Waals surface area contributed by atoms with Gasteiger partial charge in [-0.3, -0.25) is 9.69 Å². The molecule has 3 unspecified atom stereocenters. The second kappa shape index (κ2) is 7.10. The predicted molar refractivity (Wildman–Crippen MR) is 105 cm³/mol. The van der Waals surface area contributed by atoms with Gasteiger partial charge in [0.05, 0.1) is 24.2 Å². The summed E-state index contributed by atoms with van der Waals surface area (Å²) in [5.41, 5.74) is 0.980. The van der Waals surface area contributed by atoms with Crippen LogP contribution in [0, 0.1) is 11.3 Å². The van der Waals surface area contributed by atoms with Crippen molar-refractivity contribution < 1.29 is 14.4 Å². The summed E-state index contributed by atoms with van der Waals surface area (Å²) in [4.78, 5) is 21.4. The van der Waals surface area contributed by atoms with Crippen molar-refractivity contribution >= 4 is 23.3 Å². The smallest absolute Gasteiger partial charge is 0.311 e. The number of esters is 1. The fraction of sp³-hybridized carbons (Fsp3) is 0.619. The first-order valence-corrected chi connectivity index (χ1v) is 10.3. The Morgan fingerprint density at radius 2 is 2.04 bits per heavy atom. The second-order valence-corrected chi connectivity index (χ2v) is 8.44. The van der Waals surface area contributed by atoms with Crippen LogP contribution in [0.3, 0.4) is 0 Å². The monoisotopic (exact) mass is 390 g/mol. The van der Waals surface area contributed by atoms with Gasteiger partial charge in [0.15, 0.2) is 0 Å². The van der Waals surface area contributed by atoms with Crippen molar-refractivity contribution in [2.75, 3.05) is 20.2 Å². The highest BCUT2D eigenvalue weighted by Gasteiger charge is 2.62. The molecule has 5 nitrogen and oxygen atoms in total. The number of halogens is 1. The molecule has 2 heterocycles. The van der Waals surface area contributed by atoms with Crippen LogP contribution < -0.4 is 0 Å². The molecular formula is C21H27ClN2O3. The van der Waals surface area contributed by atoms with Crippen molar-refractivity contribution in [2.24, 2.45) is 16.5 Å². The Kier molecular flexibility index (Phi) is 4.93. The molecule has 0 bridgehead atoms. The summed E-state index contributed by atoms with van der Waals surface area (Å²) in [7, 11) is 1.49. The van der Waals surface area contributed by atoms with Crippen LogP contribution in [0.25, 0.3) is 0 Å². The van der Waals surface area contributed by atoms with E-state index in [1.165, 1.54) is 7.11 Å². The lowest BCUT2D eigenvalue weighted by Crippen LogP contribution is -2.60. The number of fused-ring (bicyclic) bond motifs is 1. The van der Waals surface area contributed by atoms with Crippen molar-refractivity contribution in [3.8, 4) is 0 Å². The summed E-state index contributed by atoms with van der Waals surface area (Å²) in [6.45, 7) is 4.05. The highest BCUT2D eigenvalue weighted by atomic mass is 35.5. The first-order chi connectivity index (χ1) is 13.0. The molecule has 2 fully saturated rings. The zero-order chi connectivity index (χ0) is 19.1. The van der Waals surface area contributed by atoms with E-state index in [4.69, 9.17) is 21.2 Å². The number of carbonyl (C=O) groups is 1. The van der Waals surface area contributed by atoms with Crippen LogP contribution in [0.1, 0.15) is 51.0 Å². The maximum atomic E-state index is 12.7. The molecule has 3 atom stereocenters. The van der Waals surface area contributed by atoms with E-state index >= 15 is 0 Å². The largest absolute Gasteiger partial charge is 0.469 e. The van der Waals surface area contributed by atoms with E-state index in [1.807, 2.05) is 24.3 Å². The van der Waals surface area contributed by atoms with Crippen LogP contribution in [0.5, 0.6) is 0 Å². The molecule has 27 heavy (non-hydrogen) atoms. The zero-order valence-electron chi connectivity index (χ0n) is 16.0. The number of ether oxygens (including phenoxy) is 1. The summed E-state index contributed by atoms with van der Waals surface area (Å²) in [5, 5.41) is 5.27. The number of methoxy groups -OCH3 is 1. The van der Waals surface area contributed by atoms with Gasteiger partial charge in [0.2, 0.25) is 5.72 Å². The lowest BCUT2D eigenvalue weighted by molar-refractivity contribution is -0.204. The molecule has 0 radical (unpaired) electrons. The lowest BCUT2D eigenvalue weighted by Gasteiger charge is -2.49. The average molecular weight is 391 g/mol. The molecule has 0 amide bonds. The molecule has 4 rings (SSSR count). The first-order valence-electron chi connectivity index (χ1n) is 9.90. The number of hydrogen-bond donors (Lipinski definition) is 0. The second-order valence-electron chi connectivity index (χ2n) is 8.01. The Morgan fingerprint density at radius 1 is 1.33 bits per heavy atom. The van der Waals surface area contributed by atoms with Gasteiger partial charge >= 0.3 is 5.97 Å². The van der Waals surface area contributed by atoms with Gasteiger partial charge in [0.1, 0.15) is 0 Å². The third-order valence-electron chi connectivity index (χ3n) is 6.76. The number of carbonyl (C=O) groups excluding carboxylic acids is 1. The van der Waals surface area contributed by atoms with Crippen LogP contribution in [-0.2, 0) is 14.4 Å². The average Bonchev–Trinajstić information content (AvgIpc) is 3.36. The van der Waals surface area contributed by atoms with E-state index in [0.717, 1.165) is 56.5 Å². The van der Waals surface area contributed by atoms with Crippen molar-refractivity contribution in [3.05, 3.63) is 34.9 Å². The van der Waals surface area contributed by atoms with E-state index in [0.29, 0.717) is 11.4 Å². The molecule has 1 aromatic carbocycles. The van der Waals surface area contributed by atoms with E-state index in [1.54, 1.807) is 0 Å². The summed E-state index contributed by atoms with van der Waals surface area (Å²) < 4.78 is 5.20. The standard InChI is InChI=1S/C21H27ClN2O3/c1-3-20(19(25)26-2)11-10-17-18(15-6-8-16(22)9-7-15)23-27-21(17,14-20)24-12-4-5-13-24/h6-9,17H,3-5,10-14H2,1-2H3. The molecule has 0 aromatic heterocycles. The van der Waals surface area contributed by atoms with Crippen molar-refractivity contribution in [2.45, 2.75) is 51.2 Å². The molecule has 3 aliphatic rings. The van der Waals surface area contributed by atoms with Gasteiger partial charge in [0.25, 0.3) is 0 Å². The first kappa shape index (κ1) is 18.8. The van der Waals surface area contributed by atoms with Gasteiger partial charge < -0.3 is 9.57 Å². The number of hydrogen-bond acceptors (Lipinski definition) is 5. The molecule has 1 aliphatic carbocycles. The van der Waals surface area contributed by atoms with Gasteiger partial charge in [0, 0.05) is 24.5 Å². The van der Waals surface area contributed by atoms with E-state index in [9.17, 15) is 4.79 Å². The normalized spacial score (nSPS) is 33.3. The Balaban J connectivity index is 1.71. The van der Waals surface area contributed by atoms with Gasteiger partial charge in [-0.15, -0.1) is 0 Å². The maximum Gasteiger partial charge on any atom is 0.311 e. The van der Waals surface area contributed by atoms with Gasteiger partial charge in [-0.25, -0.2) is 0 Å². The Hall–Kier alpha value is -1.59. The van der Waals surface area contributed by atoms with Crippen LogP contribution in [0.15, 0.2) is 29.4 Å². The fourth-order valence-corrected chi connectivity index (χ4v) is 5.30. The van der Waals surface area contributed by atoms with E-state index < -0.39 is 11.1 Å². The summed E-state index contributed by atoms with van der Waals surface area (Å²) in [6.07, 6.45) is 5.36. The predicted octanol–water partition coefficient (Wildman–Crippen LogP) is 4.24. The van der Waals surface area contributed by atoms with E-state index in [-0.39, 0.29) is 11.9 Å². The molecular weight excluding hydrogens is 364 g/mol. The van der Waals surface area contributed by atoms with Crippen molar-refractivity contribution in [1.82, 2.24) is 4.90 Å². The Bertz CT molecular complexity index is 744. The third kappa shape index (κ3) is 2.95. The number of oxime groups is 1. The topological polar surface area (TPSA) is 51.1 Å². The third-order valence-corrected chi connectivity index (χ3v) is 7.01.